The molecule has 0 aliphatic heterocycles. The van der Waals surface area contributed by atoms with Crippen LogP contribution in [0.2, 0.25) is 0 Å². The van der Waals surface area contributed by atoms with Crippen LogP contribution in [0.15, 0.2) is 71.6 Å². The van der Waals surface area contributed by atoms with E-state index in [0.29, 0.717) is 5.69 Å². The first kappa shape index (κ1) is 22.7. The first-order valence-corrected chi connectivity index (χ1v) is 11.6. The summed E-state index contributed by atoms with van der Waals surface area (Å²) in [5.41, 5.74) is 5.54. The molecule has 0 aliphatic carbocycles. The van der Waals surface area contributed by atoms with Crippen molar-refractivity contribution in [3.63, 3.8) is 0 Å². The zero-order valence-electron chi connectivity index (χ0n) is 18.3. The van der Waals surface area contributed by atoms with Crippen LogP contribution in [0.1, 0.15) is 27.8 Å². The highest BCUT2D eigenvalue weighted by atomic mass is 32.2. The molecule has 0 aliphatic rings. The van der Waals surface area contributed by atoms with Crippen molar-refractivity contribution in [1.29, 1.82) is 0 Å². The topological polar surface area (TPSA) is 66.5 Å². The number of hydrogen-bond acceptors (Lipinski definition) is 3. The summed E-state index contributed by atoms with van der Waals surface area (Å²) in [5, 5.41) is 2.87. The van der Waals surface area contributed by atoms with E-state index in [-0.39, 0.29) is 23.9 Å². The number of carbonyl (C=O) groups excluding carboxylic acids is 1. The molecule has 0 spiro atoms. The molecule has 162 valence electrons. The van der Waals surface area contributed by atoms with Crippen LogP contribution in [0.4, 0.5) is 5.69 Å². The van der Waals surface area contributed by atoms with Crippen molar-refractivity contribution in [1.82, 2.24) is 4.31 Å². The van der Waals surface area contributed by atoms with Crippen molar-refractivity contribution in [2.75, 3.05) is 11.9 Å². The quantitative estimate of drug-likeness (QED) is 0.581. The van der Waals surface area contributed by atoms with E-state index < -0.39 is 10.0 Å². The van der Waals surface area contributed by atoms with Crippen molar-refractivity contribution in [3.8, 4) is 0 Å². The van der Waals surface area contributed by atoms with Crippen molar-refractivity contribution in [3.05, 3.63) is 94.5 Å². The highest BCUT2D eigenvalue weighted by molar-refractivity contribution is 7.89. The van der Waals surface area contributed by atoms with Gasteiger partial charge in [0.1, 0.15) is 0 Å². The fourth-order valence-corrected chi connectivity index (χ4v) is 4.72. The zero-order chi connectivity index (χ0) is 22.6. The average molecular weight is 437 g/mol. The Bertz CT molecular complexity index is 1190. The summed E-state index contributed by atoms with van der Waals surface area (Å²) in [6.07, 6.45) is 0. The van der Waals surface area contributed by atoms with Gasteiger partial charge in [-0.05, 0) is 62.6 Å². The lowest BCUT2D eigenvalue weighted by molar-refractivity contribution is -0.116. The molecule has 0 atom stereocenters. The highest BCUT2D eigenvalue weighted by Gasteiger charge is 2.27. The predicted octanol–water partition coefficient (Wildman–Crippen LogP) is 4.75. The first-order chi connectivity index (χ1) is 14.7. The number of carbonyl (C=O) groups is 1. The van der Waals surface area contributed by atoms with Crippen molar-refractivity contribution in [2.24, 2.45) is 0 Å². The SMILES string of the molecule is Cc1ccc(S(=O)(=O)N(CC(=O)Nc2cccc(C)c2C)Cc2cccc(C)c2)cc1. The number of nitrogens with one attached hydrogen (secondary N) is 1. The first-order valence-electron chi connectivity index (χ1n) is 10.2. The van der Waals surface area contributed by atoms with Gasteiger partial charge in [0, 0.05) is 12.2 Å². The maximum atomic E-state index is 13.4. The molecule has 0 saturated carbocycles. The summed E-state index contributed by atoms with van der Waals surface area (Å²) in [4.78, 5) is 13.0. The van der Waals surface area contributed by atoms with Crippen LogP contribution in [0.5, 0.6) is 0 Å². The standard InChI is InChI=1S/C25H28N2O3S/c1-18-11-13-23(14-12-18)31(29,30)27(16-22-9-5-7-19(2)15-22)17-25(28)26-24-10-6-8-20(3)21(24)4/h5-15H,16-17H2,1-4H3,(H,26,28). The second-order valence-electron chi connectivity index (χ2n) is 7.87. The number of nitrogens with zero attached hydrogens (tertiary/aromatic N) is 1. The van der Waals surface area contributed by atoms with E-state index >= 15 is 0 Å². The van der Waals surface area contributed by atoms with Gasteiger partial charge in [-0.15, -0.1) is 0 Å². The molecule has 31 heavy (non-hydrogen) atoms. The molecule has 0 unspecified atom stereocenters. The van der Waals surface area contributed by atoms with Crippen molar-refractivity contribution in [2.45, 2.75) is 39.1 Å². The number of anilines is 1. The second kappa shape index (κ2) is 9.45. The Morgan fingerprint density at radius 2 is 1.55 bits per heavy atom. The fourth-order valence-electron chi connectivity index (χ4n) is 3.34. The molecule has 3 rings (SSSR count). The number of amides is 1. The second-order valence-corrected chi connectivity index (χ2v) is 9.81. The lowest BCUT2D eigenvalue weighted by Crippen LogP contribution is -2.37. The van der Waals surface area contributed by atoms with Crippen LogP contribution in [0, 0.1) is 27.7 Å². The monoisotopic (exact) mass is 436 g/mol. The number of rotatable bonds is 7. The molecule has 3 aromatic carbocycles. The van der Waals surface area contributed by atoms with Gasteiger partial charge in [0.05, 0.1) is 11.4 Å². The molecule has 0 radical (unpaired) electrons. The Labute approximate surface area is 184 Å². The normalized spacial score (nSPS) is 11.5. The van der Waals surface area contributed by atoms with E-state index in [1.54, 1.807) is 24.3 Å². The number of benzene rings is 3. The molecule has 0 fully saturated rings. The fraction of sp³-hybridized carbons (Fsp3) is 0.240. The lowest BCUT2D eigenvalue weighted by atomic mass is 10.1. The van der Waals surface area contributed by atoms with Crippen LogP contribution in [-0.4, -0.2) is 25.2 Å². The van der Waals surface area contributed by atoms with Gasteiger partial charge in [0.25, 0.3) is 0 Å². The molecule has 0 heterocycles. The maximum absolute atomic E-state index is 13.4. The number of sulfonamides is 1. The van der Waals surface area contributed by atoms with E-state index in [2.05, 4.69) is 5.32 Å². The van der Waals surface area contributed by atoms with E-state index in [1.807, 2.05) is 70.2 Å². The third-order valence-corrected chi connectivity index (χ3v) is 7.10. The Morgan fingerprint density at radius 1 is 0.871 bits per heavy atom. The molecular weight excluding hydrogens is 408 g/mol. The van der Waals surface area contributed by atoms with Gasteiger partial charge in [0.15, 0.2) is 0 Å². The highest BCUT2D eigenvalue weighted by Crippen LogP contribution is 2.21. The largest absolute Gasteiger partial charge is 0.325 e. The van der Waals surface area contributed by atoms with Gasteiger partial charge in [-0.2, -0.15) is 4.31 Å². The molecule has 1 amide bonds. The Balaban J connectivity index is 1.90. The summed E-state index contributed by atoms with van der Waals surface area (Å²) < 4.78 is 28.0. The van der Waals surface area contributed by atoms with Gasteiger partial charge in [-0.25, -0.2) is 8.42 Å². The van der Waals surface area contributed by atoms with E-state index in [4.69, 9.17) is 0 Å². The van der Waals surface area contributed by atoms with Crippen molar-refractivity contribution < 1.29 is 13.2 Å². The van der Waals surface area contributed by atoms with Crippen LogP contribution in [0.25, 0.3) is 0 Å². The Hall–Kier alpha value is -2.96. The summed E-state index contributed by atoms with van der Waals surface area (Å²) >= 11 is 0. The summed E-state index contributed by atoms with van der Waals surface area (Å²) in [7, 11) is -3.86. The smallest absolute Gasteiger partial charge is 0.243 e. The van der Waals surface area contributed by atoms with Gasteiger partial charge >= 0.3 is 0 Å². The molecule has 6 heteroatoms. The maximum Gasteiger partial charge on any atom is 0.243 e. The van der Waals surface area contributed by atoms with Crippen LogP contribution < -0.4 is 5.32 Å². The van der Waals surface area contributed by atoms with Gasteiger partial charge in [0.2, 0.25) is 15.9 Å². The minimum absolute atomic E-state index is 0.109. The Kier molecular flexibility index (Phi) is 6.93. The van der Waals surface area contributed by atoms with Crippen LogP contribution in [0.3, 0.4) is 0 Å². The lowest BCUT2D eigenvalue weighted by Gasteiger charge is -2.22. The molecule has 1 N–H and O–H groups in total. The van der Waals surface area contributed by atoms with Crippen LogP contribution in [-0.2, 0) is 21.4 Å². The average Bonchev–Trinajstić information content (AvgIpc) is 2.71. The number of aryl methyl sites for hydroxylation is 3. The molecule has 5 nitrogen and oxygen atoms in total. The molecule has 0 aromatic heterocycles. The molecule has 0 bridgehead atoms. The molecule has 0 saturated heterocycles. The third-order valence-electron chi connectivity index (χ3n) is 5.30. The Morgan fingerprint density at radius 3 is 2.23 bits per heavy atom. The third kappa shape index (κ3) is 5.60. The zero-order valence-corrected chi connectivity index (χ0v) is 19.2. The number of hydrogen-bond donors (Lipinski definition) is 1. The van der Waals surface area contributed by atoms with Gasteiger partial charge in [-0.3, -0.25) is 4.79 Å². The predicted molar refractivity (Wildman–Crippen MR) is 124 cm³/mol. The van der Waals surface area contributed by atoms with E-state index in [1.165, 1.54) is 4.31 Å². The summed E-state index contributed by atoms with van der Waals surface area (Å²) in [5.74, 6) is -0.378. The van der Waals surface area contributed by atoms with Gasteiger partial charge < -0.3 is 5.32 Å². The minimum Gasteiger partial charge on any atom is -0.325 e. The molecular formula is C25H28N2O3S. The van der Waals surface area contributed by atoms with E-state index in [0.717, 1.165) is 27.8 Å². The van der Waals surface area contributed by atoms with E-state index in [9.17, 15) is 13.2 Å². The molecule has 3 aromatic rings. The van der Waals surface area contributed by atoms with Gasteiger partial charge in [-0.1, -0.05) is 59.7 Å². The minimum atomic E-state index is -3.86. The van der Waals surface area contributed by atoms with Crippen molar-refractivity contribution >= 4 is 21.6 Å². The summed E-state index contributed by atoms with van der Waals surface area (Å²) in [6.45, 7) is 7.58. The summed E-state index contributed by atoms with van der Waals surface area (Å²) in [6, 6.07) is 20.0. The van der Waals surface area contributed by atoms with Crippen LogP contribution >= 0.6 is 0 Å².